The molecule has 0 radical (unpaired) electrons. The highest BCUT2D eigenvalue weighted by atomic mass is 127. The van der Waals surface area contributed by atoms with Gasteiger partial charge >= 0.3 is 0 Å². The van der Waals surface area contributed by atoms with Gasteiger partial charge in [0.25, 0.3) is 0 Å². The molecule has 5 nitrogen and oxygen atoms in total. The minimum atomic E-state index is 0. The average molecular weight is 469 g/mol. The Kier molecular flexibility index (Phi) is 10.5. The van der Waals surface area contributed by atoms with Gasteiger partial charge in [0.15, 0.2) is 5.96 Å². The van der Waals surface area contributed by atoms with Gasteiger partial charge in [-0.05, 0) is 48.2 Å². The number of nitrogens with one attached hydrogen (secondary N) is 2. The second-order valence-corrected chi connectivity index (χ2v) is 5.63. The zero-order chi connectivity index (χ0) is 17.9. The third-order valence-electron chi connectivity index (χ3n) is 3.93. The number of guanidine groups is 1. The lowest BCUT2D eigenvalue weighted by Crippen LogP contribution is -2.39. The molecule has 0 aliphatic heterocycles. The van der Waals surface area contributed by atoms with Gasteiger partial charge in [0.05, 0.1) is 14.2 Å². The first kappa shape index (κ1) is 22.1. The van der Waals surface area contributed by atoms with Crippen LogP contribution in [0.25, 0.3) is 0 Å². The van der Waals surface area contributed by atoms with E-state index in [9.17, 15) is 0 Å². The predicted molar refractivity (Wildman–Crippen MR) is 118 cm³/mol. The minimum Gasteiger partial charge on any atom is -0.497 e. The highest BCUT2D eigenvalue weighted by Gasteiger charge is 2.00. The maximum Gasteiger partial charge on any atom is 0.190 e. The number of benzene rings is 2. The molecule has 0 heterocycles. The predicted octanol–water partition coefficient (Wildman–Crippen LogP) is 3.27. The molecule has 0 amide bonds. The molecule has 0 fully saturated rings. The highest BCUT2D eigenvalue weighted by Crippen LogP contribution is 2.12. The van der Waals surface area contributed by atoms with Gasteiger partial charge in [0, 0.05) is 20.1 Å². The van der Waals surface area contributed by atoms with E-state index in [2.05, 4.69) is 39.9 Å². The van der Waals surface area contributed by atoms with Crippen molar-refractivity contribution in [3.63, 3.8) is 0 Å². The summed E-state index contributed by atoms with van der Waals surface area (Å²) >= 11 is 0. The molecule has 0 spiro atoms. The third kappa shape index (κ3) is 7.51. The molecular formula is C20H28IN3O2. The molecule has 0 bridgehead atoms. The molecule has 0 unspecified atom stereocenters. The van der Waals surface area contributed by atoms with Crippen molar-refractivity contribution in [1.82, 2.24) is 10.6 Å². The Morgan fingerprint density at radius 1 is 0.846 bits per heavy atom. The molecule has 6 heteroatoms. The maximum absolute atomic E-state index is 5.25. The number of hydrogen-bond donors (Lipinski definition) is 2. The van der Waals surface area contributed by atoms with E-state index in [4.69, 9.17) is 9.47 Å². The van der Waals surface area contributed by atoms with Crippen molar-refractivity contribution in [1.29, 1.82) is 0 Å². The quantitative estimate of drug-likeness (QED) is 0.354. The van der Waals surface area contributed by atoms with Crippen molar-refractivity contribution >= 4 is 29.9 Å². The minimum absolute atomic E-state index is 0. The summed E-state index contributed by atoms with van der Waals surface area (Å²) in [6.45, 7) is 1.64. The van der Waals surface area contributed by atoms with Gasteiger partial charge < -0.3 is 20.1 Å². The molecule has 0 aromatic heterocycles. The van der Waals surface area contributed by atoms with E-state index in [0.717, 1.165) is 43.4 Å². The van der Waals surface area contributed by atoms with Crippen LogP contribution in [0.3, 0.4) is 0 Å². The number of methoxy groups -OCH3 is 2. The molecule has 0 aliphatic carbocycles. The third-order valence-corrected chi connectivity index (χ3v) is 3.93. The fourth-order valence-corrected chi connectivity index (χ4v) is 2.49. The van der Waals surface area contributed by atoms with Crippen LogP contribution < -0.4 is 20.1 Å². The van der Waals surface area contributed by atoms with Crippen molar-refractivity contribution in [2.75, 3.05) is 34.4 Å². The van der Waals surface area contributed by atoms with Gasteiger partial charge in [-0.15, -0.1) is 24.0 Å². The number of aliphatic imine (C=N–C) groups is 1. The molecule has 142 valence electrons. The number of halogens is 1. The largest absolute Gasteiger partial charge is 0.497 e. The summed E-state index contributed by atoms with van der Waals surface area (Å²) in [5, 5.41) is 6.68. The zero-order valence-electron chi connectivity index (χ0n) is 15.6. The molecule has 0 atom stereocenters. The monoisotopic (exact) mass is 469 g/mol. The van der Waals surface area contributed by atoms with Crippen molar-refractivity contribution in [3.8, 4) is 11.5 Å². The van der Waals surface area contributed by atoms with Crippen LogP contribution in [0.4, 0.5) is 0 Å². The van der Waals surface area contributed by atoms with Crippen molar-refractivity contribution < 1.29 is 9.47 Å². The maximum atomic E-state index is 5.25. The zero-order valence-corrected chi connectivity index (χ0v) is 17.9. The molecular weight excluding hydrogens is 441 g/mol. The van der Waals surface area contributed by atoms with E-state index in [1.165, 1.54) is 11.1 Å². The second kappa shape index (κ2) is 12.4. The van der Waals surface area contributed by atoms with Gasteiger partial charge in [-0.1, -0.05) is 24.3 Å². The van der Waals surface area contributed by atoms with Crippen molar-refractivity contribution in [2.45, 2.75) is 12.8 Å². The highest BCUT2D eigenvalue weighted by molar-refractivity contribution is 14.0. The first-order valence-electron chi connectivity index (χ1n) is 8.45. The van der Waals surface area contributed by atoms with Crippen LogP contribution in [0, 0.1) is 0 Å². The molecule has 26 heavy (non-hydrogen) atoms. The fraction of sp³-hybridized carbons (Fsp3) is 0.350. The topological polar surface area (TPSA) is 54.9 Å². The standard InChI is InChI=1S/C20H27N3O2.HI/c1-21-20(22-13-11-16-7-9-18(24-2)10-8-16)23-14-12-17-5-4-6-19(15-17)25-3;/h4-10,15H,11-14H2,1-3H3,(H2,21,22,23);1H. The van der Waals surface area contributed by atoms with Crippen LogP contribution in [0.15, 0.2) is 53.5 Å². The van der Waals surface area contributed by atoms with E-state index in [1.807, 2.05) is 24.3 Å². The molecule has 2 aromatic carbocycles. The number of rotatable bonds is 8. The van der Waals surface area contributed by atoms with Crippen LogP contribution in [-0.4, -0.2) is 40.3 Å². The van der Waals surface area contributed by atoms with Gasteiger partial charge in [-0.3, -0.25) is 4.99 Å². The van der Waals surface area contributed by atoms with E-state index in [1.54, 1.807) is 21.3 Å². The Morgan fingerprint density at radius 3 is 2.04 bits per heavy atom. The Hall–Kier alpha value is -1.96. The second-order valence-electron chi connectivity index (χ2n) is 5.63. The van der Waals surface area contributed by atoms with Gasteiger partial charge in [-0.2, -0.15) is 0 Å². The van der Waals surface area contributed by atoms with Crippen LogP contribution >= 0.6 is 24.0 Å². The Bertz CT molecular complexity index is 675. The summed E-state index contributed by atoms with van der Waals surface area (Å²) in [7, 11) is 5.15. The van der Waals surface area contributed by atoms with Crippen LogP contribution in [0.1, 0.15) is 11.1 Å². The summed E-state index contributed by atoms with van der Waals surface area (Å²) in [4.78, 5) is 4.26. The summed E-state index contributed by atoms with van der Waals surface area (Å²) in [6, 6.07) is 16.3. The van der Waals surface area contributed by atoms with E-state index in [-0.39, 0.29) is 24.0 Å². The first-order chi connectivity index (χ1) is 12.2. The van der Waals surface area contributed by atoms with Crippen molar-refractivity contribution in [2.24, 2.45) is 4.99 Å². The van der Waals surface area contributed by atoms with Crippen LogP contribution in [0.5, 0.6) is 11.5 Å². The number of nitrogens with zero attached hydrogens (tertiary/aromatic N) is 1. The van der Waals surface area contributed by atoms with Gasteiger partial charge in [-0.25, -0.2) is 0 Å². The Balaban J connectivity index is 0.00000338. The Morgan fingerprint density at radius 2 is 1.46 bits per heavy atom. The average Bonchev–Trinajstić information content (AvgIpc) is 2.67. The van der Waals surface area contributed by atoms with E-state index >= 15 is 0 Å². The molecule has 2 rings (SSSR count). The smallest absolute Gasteiger partial charge is 0.190 e. The normalized spacial score (nSPS) is 10.7. The van der Waals surface area contributed by atoms with Crippen molar-refractivity contribution in [3.05, 3.63) is 59.7 Å². The molecule has 2 aromatic rings. The lowest BCUT2D eigenvalue weighted by atomic mass is 10.1. The summed E-state index contributed by atoms with van der Waals surface area (Å²) < 4.78 is 10.4. The van der Waals surface area contributed by atoms with Crippen LogP contribution in [-0.2, 0) is 12.8 Å². The van der Waals surface area contributed by atoms with Gasteiger partial charge in [0.2, 0.25) is 0 Å². The summed E-state index contributed by atoms with van der Waals surface area (Å²) in [5.41, 5.74) is 2.50. The fourth-order valence-electron chi connectivity index (χ4n) is 2.49. The Labute approximate surface area is 173 Å². The van der Waals surface area contributed by atoms with E-state index < -0.39 is 0 Å². The first-order valence-corrected chi connectivity index (χ1v) is 8.45. The molecule has 0 saturated carbocycles. The van der Waals surface area contributed by atoms with Gasteiger partial charge in [0.1, 0.15) is 11.5 Å². The molecule has 2 N–H and O–H groups in total. The summed E-state index contributed by atoms with van der Waals surface area (Å²) in [6.07, 6.45) is 1.84. The molecule has 0 saturated heterocycles. The number of hydrogen-bond acceptors (Lipinski definition) is 3. The number of ether oxygens (including phenoxy) is 2. The summed E-state index contributed by atoms with van der Waals surface area (Å²) in [5.74, 6) is 2.59. The van der Waals surface area contributed by atoms with E-state index in [0.29, 0.717) is 0 Å². The molecule has 0 aliphatic rings. The lowest BCUT2D eigenvalue weighted by Gasteiger charge is -2.12. The SMILES string of the molecule is CN=C(NCCc1ccc(OC)cc1)NCCc1cccc(OC)c1.I. The lowest BCUT2D eigenvalue weighted by molar-refractivity contribution is 0.414. The van der Waals surface area contributed by atoms with Crippen LogP contribution in [0.2, 0.25) is 0 Å².